The predicted molar refractivity (Wildman–Crippen MR) is 154 cm³/mol. The minimum Gasteiger partial charge on any atom is -0.444 e. The van der Waals surface area contributed by atoms with E-state index in [-0.39, 0.29) is 23.9 Å². The SMILES string of the molecule is CCCC(C)NC(=O)C(c1cc(C)cc(C)c1)N(C(=O)C(CCSC)NC(=O)OC(C)(C)C)C(C)CC. The number of alkyl carbamates (subject to hydrolysis) is 1. The number of nitrogens with zero attached hydrogens (tertiary/aromatic N) is 1. The highest BCUT2D eigenvalue weighted by Gasteiger charge is 2.38. The lowest BCUT2D eigenvalue weighted by Crippen LogP contribution is -2.56. The topological polar surface area (TPSA) is 87.7 Å². The first-order chi connectivity index (χ1) is 17.2. The molecule has 0 aromatic heterocycles. The van der Waals surface area contributed by atoms with Gasteiger partial charge in [0.05, 0.1) is 0 Å². The van der Waals surface area contributed by atoms with Crippen LogP contribution < -0.4 is 10.6 Å². The van der Waals surface area contributed by atoms with E-state index in [4.69, 9.17) is 4.74 Å². The van der Waals surface area contributed by atoms with Gasteiger partial charge in [-0.1, -0.05) is 49.6 Å². The maximum Gasteiger partial charge on any atom is 0.408 e. The molecule has 0 fully saturated rings. The van der Waals surface area contributed by atoms with E-state index in [1.807, 2.05) is 53.0 Å². The zero-order chi connectivity index (χ0) is 28.3. The van der Waals surface area contributed by atoms with Gasteiger partial charge in [-0.3, -0.25) is 9.59 Å². The molecule has 37 heavy (non-hydrogen) atoms. The standard InChI is InChI=1S/C29H49N3O4S/c1-11-13-21(5)30-26(33)25(23-17-19(3)16-20(4)18-23)32(22(6)12-2)27(34)24(14-15-37-10)31-28(35)36-29(7,8)9/h16-18,21-22,24-25H,11-15H2,1-10H3,(H,30,33)(H,31,35). The fourth-order valence-corrected chi connectivity index (χ4v) is 4.82. The van der Waals surface area contributed by atoms with Crippen molar-refractivity contribution in [2.24, 2.45) is 0 Å². The van der Waals surface area contributed by atoms with Crippen molar-refractivity contribution in [1.82, 2.24) is 15.5 Å². The lowest BCUT2D eigenvalue weighted by molar-refractivity contribution is -0.145. The van der Waals surface area contributed by atoms with Gasteiger partial charge in [0, 0.05) is 12.1 Å². The highest BCUT2D eigenvalue weighted by molar-refractivity contribution is 7.98. The Bertz CT molecular complexity index is 879. The third-order valence-electron chi connectivity index (χ3n) is 6.12. The molecule has 3 amide bonds. The number of ether oxygens (including phenoxy) is 1. The minimum atomic E-state index is -0.822. The molecule has 0 aliphatic rings. The molecule has 8 heteroatoms. The van der Waals surface area contributed by atoms with Crippen LogP contribution in [0.5, 0.6) is 0 Å². The number of nitrogens with one attached hydrogen (secondary N) is 2. The molecule has 1 aromatic rings. The molecular weight excluding hydrogens is 486 g/mol. The van der Waals surface area contributed by atoms with E-state index in [0.717, 1.165) is 29.5 Å². The van der Waals surface area contributed by atoms with Crippen LogP contribution >= 0.6 is 11.8 Å². The lowest BCUT2D eigenvalue weighted by Gasteiger charge is -2.39. The smallest absolute Gasteiger partial charge is 0.408 e. The summed E-state index contributed by atoms with van der Waals surface area (Å²) in [7, 11) is 0. The number of hydrogen-bond donors (Lipinski definition) is 2. The summed E-state index contributed by atoms with van der Waals surface area (Å²) in [4.78, 5) is 42.4. The van der Waals surface area contributed by atoms with Crippen molar-refractivity contribution < 1.29 is 19.1 Å². The molecule has 0 aliphatic heterocycles. The lowest BCUT2D eigenvalue weighted by atomic mass is 9.96. The van der Waals surface area contributed by atoms with Crippen LogP contribution in [0.3, 0.4) is 0 Å². The molecule has 0 heterocycles. The van der Waals surface area contributed by atoms with E-state index >= 15 is 0 Å². The summed E-state index contributed by atoms with van der Waals surface area (Å²) in [5, 5.41) is 5.94. The predicted octanol–water partition coefficient (Wildman–Crippen LogP) is 5.92. The van der Waals surface area contributed by atoms with Crippen LogP contribution in [0.1, 0.15) is 96.9 Å². The third-order valence-corrected chi connectivity index (χ3v) is 6.76. The molecule has 1 rings (SSSR count). The number of carbonyl (C=O) groups is 3. The number of amides is 3. The normalized spacial score (nSPS) is 14.8. The summed E-state index contributed by atoms with van der Waals surface area (Å²) in [5.41, 5.74) is 2.13. The fraction of sp³-hybridized carbons (Fsp3) is 0.690. The Labute approximate surface area is 228 Å². The van der Waals surface area contributed by atoms with Gasteiger partial charge in [0.1, 0.15) is 17.7 Å². The second-order valence-corrected chi connectivity index (χ2v) is 12.0. The van der Waals surface area contributed by atoms with Crippen LogP contribution in [0.4, 0.5) is 4.79 Å². The molecule has 7 nitrogen and oxygen atoms in total. The summed E-state index contributed by atoms with van der Waals surface area (Å²) in [5.74, 6) is 0.186. The van der Waals surface area contributed by atoms with E-state index in [1.54, 1.807) is 37.4 Å². The second-order valence-electron chi connectivity index (χ2n) is 11.0. The fourth-order valence-electron chi connectivity index (χ4n) is 4.35. The van der Waals surface area contributed by atoms with Crippen LogP contribution in [-0.4, -0.2) is 58.5 Å². The highest BCUT2D eigenvalue weighted by atomic mass is 32.2. The number of carbonyl (C=O) groups excluding carboxylic acids is 3. The summed E-state index contributed by atoms with van der Waals surface area (Å²) < 4.78 is 5.46. The number of thioether (sulfide) groups is 1. The molecule has 1 aromatic carbocycles. The van der Waals surface area contributed by atoms with E-state index in [9.17, 15) is 14.4 Å². The van der Waals surface area contributed by atoms with Crippen LogP contribution in [0.2, 0.25) is 0 Å². The first kappa shape index (κ1) is 32.8. The van der Waals surface area contributed by atoms with Gasteiger partial charge in [0.25, 0.3) is 0 Å². The zero-order valence-corrected chi connectivity index (χ0v) is 25.4. The second kappa shape index (κ2) is 15.3. The molecule has 0 radical (unpaired) electrons. The number of benzene rings is 1. The summed E-state index contributed by atoms with van der Waals surface area (Å²) >= 11 is 1.60. The number of hydrogen-bond acceptors (Lipinski definition) is 5. The molecule has 0 saturated carbocycles. The highest BCUT2D eigenvalue weighted by Crippen LogP contribution is 2.28. The van der Waals surface area contributed by atoms with Gasteiger partial charge in [0.2, 0.25) is 11.8 Å². The molecule has 2 N–H and O–H groups in total. The Morgan fingerprint density at radius 1 is 1.00 bits per heavy atom. The van der Waals surface area contributed by atoms with Crippen LogP contribution in [0.15, 0.2) is 18.2 Å². The van der Waals surface area contributed by atoms with Crippen LogP contribution in [0, 0.1) is 13.8 Å². The first-order valence-electron chi connectivity index (χ1n) is 13.4. The largest absolute Gasteiger partial charge is 0.444 e. The van der Waals surface area contributed by atoms with E-state index < -0.39 is 23.8 Å². The van der Waals surface area contributed by atoms with Crippen molar-refractivity contribution in [3.8, 4) is 0 Å². The summed E-state index contributed by atoms with van der Waals surface area (Å²) in [6, 6.07) is 4.11. The van der Waals surface area contributed by atoms with Crippen molar-refractivity contribution in [2.45, 2.75) is 118 Å². The molecule has 4 unspecified atom stereocenters. The third kappa shape index (κ3) is 11.0. The van der Waals surface area contributed by atoms with Gasteiger partial charge in [-0.2, -0.15) is 11.8 Å². The van der Waals surface area contributed by atoms with Gasteiger partial charge in [-0.05, 0) is 85.3 Å². The van der Waals surface area contributed by atoms with Gasteiger partial charge < -0.3 is 20.3 Å². The van der Waals surface area contributed by atoms with Crippen molar-refractivity contribution in [3.63, 3.8) is 0 Å². The van der Waals surface area contributed by atoms with Crippen molar-refractivity contribution in [3.05, 3.63) is 34.9 Å². The monoisotopic (exact) mass is 535 g/mol. The Kier molecular flexibility index (Phi) is 13.5. The molecule has 0 saturated heterocycles. The van der Waals surface area contributed by atoms with Gasteiger partial charge in [-0.25, -0.2) is 4.79 Å². The van der Waals surface area contributed by atoms with E-state index in [2.05, 4.69) is 23.6 Å². The van der Waals surface area contributed by atoms with Crippen LogP contribution in [0.25, 0.3) is 0 Å². The summed E-state index contributed by atoms with van der Waals surface area (Å²) in [6.07, 6.45) is 4.20. The Hall–Kier alpha value is -2.22. The van der Waals surface area contributed by atoms with E-state index in [0.29, 0.717) is 18.6 Å². The average molecular weight is 536 g/mol. The number of rotatable bonds is 13. The maximum atomic E-state index is 14.2. The van der Waals surface area contributed by atoms with Crippen molar-refractivity contribution in [1.29, 1.82) is 0 Å². The minimum absolute atomic E-state index is 0.0213. The van der Waals surface area contributed by atoms with E-state index in [1.165, 1.54) is 0 Å². The molecule has 210 valence electrons. The molecule has 0 bridgehead atoms. The molecule has 4 atom stereocenters. The van der Waals surface area contributed by atoms with Gasteiger partial charge in [-0.15, -0.1) is 0 Å². The summed E-state index contributed by atoms with van der Waals surface area (Å²) in [6.45, 7) is 17.4. The maximum absolute atomic E-state index is 14.2. The van der Waals surface area contributed by atoms with Gasteiger partial charge in [0.15, 0.2) is 0 Å². The van der Waals surface area contributed by atoms with Crippen LogP contribution in [-0.2, 0) is 14.3 Å². The zero-order valence-electron chi connectivity index (χ0n) is 24.6. The Balaban J connectivity index is 3.57. The number of aryl methyl sites for hydroxylation is 2. The first-order valence-corrected chi connectivity index (χ1v) is 14.8. The Morgan fingerprint density at radius 3 is 2.08 bits per heavy atom. The average Bonchev–Trinajstić information content (AvgIpc) is 2.77. The Morgan fingerprint density at radius 2 is 1.59 bits per heavy atom. The molecular formula is C29H49N3O4S. The molecule has 0 aliphatic carbocycles. The van der Waals surface area contributed by atoms with Gasteiger partial charge >= 0.3 is 6.09 Å². The van der Waals surface area contributed by atoms with Crippen molar-refractivity contribution >= 4 is 29.7 Å². The van der Waals surface area contributed by atoms with Crippen molar-refractivity contribution in [2.75, 3.05) is 12.0 Å². The molecule has 0 spiro atoms. The quantitative estimate of drug-likeness (QED) is 0.327.